The molecule has 0 aromatic carbocycles. The number of thiazole rings is 1. The van der Waals surface area contributed by atoms with Crippen molar-refractivity contribution in [1.82, 2.24) is 4.98 Å². The minimum atomic E-state index is 0.249. The zero-order valence-electron chi connectivity index (χ0n) is 13.2. The first-order chi connectivity index (χ1) is 10.5. The number of hydrogen-bond donors (Lipinski definition) is 1. The number of rotatable bonds is 3. The lowest BCUT2D eigenvalue weighted by Gasteiger charge is -2.34. The molecule has 0 aliphatic heterocycles. The summed E-state index contributed by atoms with van der Waals surface area (Å²) in [4.78, 5) is 5.86. The Bertz CT molecular complexity index is 714. The topological polar surface area (TPSA) is 37.3 Å². The van der Waals surface area contributed by atoms with Crippen LogP contribution in [0.15, 0.2) is 28.0 Å². The normalized spacial score (nSPS) is 31.0. The molecule has 2 aliphatic rings. The van der Waals surface area contributed by atoms with Crippen LogP contribution in [0, 0.1) is 16.7 Å². The molecule has 0 amide bonds. The van der Waals surface area contributed by atoms with Gasteiger partial charge in [0, 0.05) is 16.5 Å². The first kappa shape index (κ1) is 14.4. The SMILES string of the molecule is CC1(C)[C@H]2CC[C@]1(C)C(=NNc1nc(-c3cccs3)cs1)C2. The maximum atomic E-state index is 4.76. The predicted molar refractivity (Wildman–Crippen MR) is 95.7 cm³/mol. The van der Waals surface area contributed by atoms with Gasteiger partial charge in [-0.3, -0.25) is 5.43 Å². The summed E-state index contributed by atoms with van der Waals surface area (Å²) in [6.45, 7) is 7.20. The number of anilines is 1. The van der Waals surface area contributed by atoms with E-state index in [2.05, 4.69) is 54.1 Å². The molecule has 0 saturated heterocycles. The van der Waals surface area contributed by atoms with Crippen LogP contribution >= 0.6 is 22.7 Å². The van der Waals surface area contributed by atoms with Gasteiger partial charge in [-0.25, -0.2) is 4.98 Å². The van der Waals surface area contributed by atoms with Crippen LogP contribution in [0.5, 0.6) is 0 Å². The number of nitrogens with zero attached hydrogens (tertiary/aromatic N) is 2. The third kappa shape index (κ3) is 1.98. The van der Waals surface area contributed by atoms with Crippen molar-refractivity contribution in [1.29, 1.82) is 0 Å². The smallest absolute Gasteiger partial charge is 0.203 e. The van der Waals surface area contributed by atoms with Gasteiger partial charge in [0.1, 0.15) is 0 Å². The lowest BCUT2D eigenvalue weighted by atomic mass is 9.70. The number of thiophene rings is 1. The van der Waals surface area contributed by atoms with Gasteiger partial charge in [0.2, 0.25) is 5.13 Å². The fourth-order valence-corrected chi connectivity index (χ4v) is 5.49. The summed E-state index contributed by atoms with van der Waals surface area (Å²) >= 11 is 3.35. The maximum absolute atomic E-state index is 4.76. The van der Waals surface area contributed by atoms with Gasteiger partial charge < -0.3 is 0 Å². The second-order valence-corrected chi connectivity index (χ2v) is 8.98. The molecule has 2 heterocycles. The molecule has 2 fully saturated rings. The molecule has 0 spiro atoms. The third-order valence-electron chi connectivity index (χ3n) is 6.08. The quantitative estimate of drug-likeness (QED) is 0.756. The van der Waals surface area contributed by atoms with E-state index in [1.165, 1.54) is 23.4 Å². The zero-order chi connectivity index (χ0) is 15.4. The molecule has 5 heteroatoms. The fraction of sp³-hybridized carbons (Fsp3) is 0.529. The molecule has 22 heavy (non-hydrogen) atoms. The average Bonchev–Trinajstić information content (AvgIpc) is 3.22. The van der Waals surface area contributed by atoms with Gasteiger partial charge in [-0.15, -0.1) is 22.7 Å². The van der Waals surface area contributed by atoms with Gasteiger partial charge in [0.15, 0.2) is 0 Å². The third-order valence-corrected chi connectivity index (χ3v) is 7.72. The van der Waals surface area contributed by atoms with Crippen LogP contribution in [0.3, 0.4) is 0 Å². The van der Waals surface area contributed by atoms with E-state index in [-0.39, 0.29) is 5.41 Å². The molecule has 2 bridgehead atoms. The molecule has 4 rings (SSSR count). The van der Waals surface area contributed by atoms with Crippen LogP contribution in [0.4, 0.5) is 5.13 Å². The second kappa shape index (κ2) is 4.90. The van der Waals surface area contributed by atoms with Gasteiger partial charge in [-0.05, 0) is 42.0 Å². The van der Waals surface area contributed by atoms with Crippen molar-refractivity contribution in [3.63, 3.8) is 0 Å². The van der Waals surface area contributed by atoms with Gasteiger partial charge in [0.25, 0.3) is 0 Å². The van der Waals surface area contributed by atoms with Gasteiger partial charge in [-0.1, -0.05) is 26.8 Å². The van der Waals surface area contributed by atoms with Crippen molar-refractivity contribution in [2.45, 2.75) is 40.0 Å². The van der Waals surface area contributed by atoms with Crippen LogP contribution in [0.2, 0.25) is 0 Å². The Morgan fingerprint density at radius 2 is 2.18 bits per heavy atom. The summed E-state index contributed by atoms with van der Waals surface area (Å²) in [5, 5.41) is 9.83. The monoisotopic (exact) mass is 331 g/mol. The van der Waals surface area contributed by atoms with Crippen LogP contribution < -0.4 is 5.43 Å². The van der Waals surface area contributed by atoms with Crippen molar-refractivity contribution in [3.05, 3.63) is 22.9 Å². The minimum Gasteiger partial charge on any atom is -0.253 e. The molecule has 2 aliphatic carbocycles. The van der Waals surface area contributed by atoms with Gasteiger partial charge in [-0.2, -0.15) is 5.10 Å². The number of hydrazone groups is 1. The molecular formula is C17H21N3S2. The van der Waals surface area contributed by atoms with E-state index in [0.717, 1.165) is 23.2 Å². The van der Waals surface area contributed by atoms with Crippen molar-refractivity contribution in [3.8, 4) is 10.6 Å². The predicted octanol–water partition coefficient (Wildman–Crippen LogP) is 5.49. The standard InChI is InChI=1S/C17H21N3S2/c1-16(2)11-6-7-17(16,3)14(9-11)19-20-15-18-12(10-22-15)13-5-4-8-21-13/h4-5,8,10-11H,6-7,9H2,1-3H3,(H,18,20)/t11-,17+/m0/s1. The van der Waals surface area contributed by atoms with E-state index in [0.29, 0.717) is 5.41 Å². The molecule has 3 nitrogen and oxygen atoms in total. The highest BCUT2D eigenvalue weighted by atomic mass is 32.1. The van der Waals surface area contributed by atoms with Crippen molar-refractivity contribution in [2.24, 2.45) is 21.8 Å². The van der Waals surface area contributed by atoms with Crippen LogP contribution in [-0.4, -0.2) is 10.7 Å². The number of aromatic nitrogens is 1. The molecule has 116 valence electrons. The van der Waals surface area contributed by atoms with Gasteiger partial charge in [0.05, 0.1) is 10.6 Å². The van der Waals surface area contributed by atoms with Crippen molar-refractivity contribution >= 4 is 33.5 Å². The number of nitrogens with one attached hydrogen (secondary N) is 1. The summed E-state index contributed by atoms with van der Waals surface area (Å²) in [5.41, 5.74) is 6.22. The lowest BCUT2D eigenvalue weighted by Crippen LogP contribution is -2.32. The molecule has 2 aromatic heterocycles. The molecule has 0 radical (unpaired) electrons. The van der Waals surface area contributed by atoms with E-state index in [1.807, 2.05) is 0 Å². The largest absolute Gasteiger partial charge is 0.253 e. The lowest BCUT2D eigenvalue weighted by molar-refractivity contribution is 0.194. The van der Waals surface area contributed by atoms with E-state index in [4.69, 9.17) is 5.10 Å². The molecule has 1 N–H and O–H groups in total. The van der Waals surface area contributed by atoms with E-state index in [1.54, 1.807) is 22.7 Å². The van der Waals surface area contributed by atoms with Crippen LogP contribution in [0.1, 0.15) is 40.0 Å². The Morgan fingerprint density at radius 3 is 2.82 bits per heavy atom. The summed E-state index contributed by atoms with van der Waals surface area (Å²) in [7, 11) is 0. The van der Waals surface area contributed by atoms with E-state index < -0.39 is 0 Å². The zero-order valence-corrected chi connectivity index (χ0v) is 14.9. The maximum Gasteiger partial charge on any atom is 0.203 e. The number of hydrogen-bond acceptors (Lipinski definition) is 5. The Hall–Kier alpha value is -1.20. The summed E-state index contributed by atoms with van der Waals surface area (Å²) in [6, 6.07) is 4.17. The molecule has 0 unspecified atom stereocenters. The molecule has 2 atom stereocenters. The second-order valence-electron chi connectivity index (χ2n) is 7.18. The summed E-state index contributed by atoms with van der Waals surface area (Å²) < 4.78 is 0. The van der Waals surface area contributed by atoms with E-state index >= 15 is 0 Å². The highest BCUT2D eigenvalue weighted by molar-refractivity contribution is 7.15. The van der Waals surface area contributed by atoms with Crippen LogP contribution in [0.25, 0.3) is 10.6 Å². The number of fused-ring (bicyclic) bond motifs is 2. The van der Waals surface area contributed by atoms with E-state index in [9.17, 15) is 0 Å². The summed E-state index contributed by atoms with van der Waals surface area (Å²) in [6.07, 6.45) is 3.76. The fourth-order valence-electron chi connectivity index (χ4n) is 4.08. The van der Waals surface area contributed by atoms with Gasteiger partial charge >= 0.3 is 0 Å². The highest BCUT2D eigenvalue weighted by Crippen LogP contribution is 2.63. The Labute approximate surface area is 139 Å². The molecule has 2 aromatic rings. The minimum absolute atomic E-state index is 0.249. The first-order valence-electron chi connectivity index (χ1n) is 7.83. The Balaban J connectivity index is 1.54. The highest BCUT2D eigenvalue weighted by Gasteiger charge is 2.59. The van der Waals surface area contributed by atoms with Crippen molar-refractivity contribution < 1.29 is 0 Å². The Kier molecular flexibility index (Phi) is 3.20. The molecular weight excluding hydrogens is 310 g/mol. The molecule has 2 saturated carbocycles. The Morgan fingerprint density at radius 1 is 1.32 bits per heavy atom. The van der Waals surface area contributed by atoms with Crippen LogP contribution in [-0.2, 0) is 0 Å². The van der Waals surface area contributed by atoms with Crippen molar-refractivity contribution in [2.75, 3.05) is 5.43 Å². The summed E-state index contributed by atoms with van der Waals surface area (Å²) in [5.74, 6) is 0.788. The average molecular weight is 332 g/mol. The first-order valence-corrected chi connectivity index (χ1v) is 9.59.